The van der Waals surface area contributed by atoms with Crippen LogP contribution in [0.15, 0.2) is 0 Å². The third kappa shape index (κ3) is 37.0. The number of hydrogen-bond donors (Lipinski definition) is 13. The van der Waals surface area contributed by atoms with E-state index in [1.807, 2.05) is 0 Å². The number of aliphatic hydroxyl groups excluding tert-OH is 12. The van der Waals surface area contributed by atoms with E-state index in [1.165, 1.54) is 83.5 Å². The maximum absolute atomic E-state index is 12.0. The average Bonchev–Trinajstić information content (AvgIpc) is 3.94. The van der Waals surface area contributed by atoms with E-state index in [0.29, 0.717) is 18.9 Å². The maximum Gasteiger partial charge on any atom is 0.305 e. The fraction of sp³-hybridized carbons (Fsp3) is 0.946. The number of aldehydes is 1. The fourth-order valence-electron chi connectivity index (χ4n) is 9.19. The summed E-state index contributed by atoms with van der Waals surface area (Å²) in [5.41, 5.74) is 0. The number of carboxylic acid groups (broad SMARTS) is 1. The third-order valence-electron chi connectivity index (χ3n) is 14.3. The first kappa shape index (κ1) is 74.0. The van der Waals surface area contributed by atoms with Crippen molar-refractivity contribution < 1.29 is 99.7 Å². The van der Waals surface area contributed by atoms with Crippen LogP contribution in [0.1, 0.15) is 206 Å². The molecular weight excluding hydrogens is 993 g/mol. The van der Waals surface area contributed by atoms with E-state index >= 15 is 0 Å². The zero-order chi connectivity index (χ0) is 56.9. The van der Waals surface area contributed by atoms with Crippen molar-refractivity contribution in [3.8, 4) is 0 Å². The lowest BCUT2D eigenvalue weighted by Crippen LogP contribution is -2.46. The van der Waals surface area contributed by atoms with Crippen molar-refractivity contribution in [2.75, 3.05) is 46.2 Å². The van der Waals surface area contributed by atoms with Crippen molar-refractivity contribution in [1.29, 1.82) is 0 Å². The van der Waals surface area contributed by atoms with Gasteiger partial charge in [0.15, 0.2) is 0 Å². The summed E-state index contributed by atoms with van der Waals surface area (Å²) in [6.07, 6.45) is 18.9. The Labute approximate surface area is 454 Å². The molecule has 0 aromatic heterocycles. The number of aliphatic hydroxyl groups is 12. The molecular formula is C56H108O20. The predicted octanol–water partition coefficient (Wildman–Crippen LogP) is 4.17. The Morgan fingerprint density at radius 2 is 0.882 bits per heavy atom. The second kappa shape index (κ2) is 48.9. The van der Waals surface area contributed by atoms with Gasteiger partial charge in [0, 0.05) is 25.4 Å². The molecule has 2 rings (SSSR count). The van der Waals surface area contributed by atoms with E-state index in [0.717, 1.165) is 96.2 Å². The SMILES string of the molecule is CCCCCCCCCC(C=O)CCCCCCCC(=O)O.CCCCCCCCCC(CCCCCCCC(=O)OCC(O)C1OCC(O)C1O)COCC(O)C1OCC(O)C1O.OC[C@@H](O)[C@@H](O)[C@H](O)[C@@H](O)CO. The molecule has 0 aromatic rings. The molecule has 0 aliphatic carbocycles. The molecule has 2 saturated heterocycles. The molecule has 0 saturated carbocycles. The molecule has 2 fully saturated rings. The molecule has 76 heavy (non-hydrogen) atoms. The van der Waals surface area contributed by atoms with Crippen LogP contribution in [0.3, 0.4) is 0 Å². The minimum Gasteiger partial charge on any atom is -0.481 e. The Morgan fingerprint density at radius 3 is 1.25 bits per heavy atom. The van der Waals surface area contributed by atoms with Crippen LogP contribution >= 0.6 is 0 Å². The van der Waals surface area contributed by atoms with E-state index < -0.39 is 98.4 Å². The van der Waals surface area contributed by atoms with Gasteiger partial charge in [-0.1, -0.05) is 155 Å². The van der Waals surface area contributed by atoms with Gasteiger partial charge in [0.25, 0.3) is 0 Å². The van der Waals surface area contributed by atoms with Crippen LogP contribution in [0.5, 0.6) is 0 Å². The molecule has 13 N–H and O–H groups in total. The van der Waals surface area contributed by atoms with Crippen LogP contribution in [0.4, 0.5) is 0 Å². The normalized spacial score (nSPS) is 22.5. The van der Waals surface area contributed by atoms with E-state index in [1.54, 1.807) is 0 Å². The zero-order valence-electron chi connectivity index (χ0n) is 46.5. The third-order valence-corrected chi connectivity index (χ3v) is 14.3. The van der Waals surface area contributed by atoms with E-state index in [-0.39, 0.29) is 45.2 Å². The summed E-state index contributed by atoms with van der Waals surface area (Å²) in [5, 5.41) is 120. The monoisotopic (exact) mass is 1100 g/mol. The number of ether oxygens (including phenoxy) is 4. The van der Waals surface area contributed by atoms with E-state index in [9.17, 15) is 45.0 Å². The second-order valence-corrected chi connectivity index (χ2v) is 21.1. The first-order valence-corrected chi connectivity index (χ1v) is 29.1. The molecule has 0 bridgehead atoms. The smallest absolute Gasteiger partial charge is 0.305 e. The molecule has 10 unspecified atom stereocenters. The highest BCUT2D eigenvalue weighted by Crippen LogP contribution is 2.23. The summed E-state index contributed by atoms with van der Waals surface area (Å²) in [6, 6.07) is 0. The van der Waals surface area contributed by atoms with Crippen molar-refractivity contribution in [3.05, 3.63) is 0 Å². The van der Waals surface area contributed by atoms with Crippen molar-refractivity contribution in [2.45, 2.75) is 280 Å². The topological polar surface area (TPSA) is 351 Å². The Kier molecular flexibility index (Phi) is 47.6. The predicted molar refractivity (Wildman–Crippen MR) is 286 cm³/mol. The van der Waals surface area contributed by atoms with Crippen LogP contribution in [-0.4, -0.2) is 204 Å². The Morgan fingerprint density at radius 1 is 0.513 bits per heavy atom. The van der Waals surface area contributed by atoms with Gasteiger partial charge in [-0.25, -0.2) is 0 Å². The number of unbranched alkanes of at least 4 members (excludes halogenated alkanes) is 20. The van der Waals surface area contributed by atoms with E-state index in [2.05, 4.69) is 13.8 Å². The van der Waals surface area contributed by atoms with Gasteiger partial charge in [0.2, 0.25) is 0 Å². The van der Waals surface area contributed by atoms with Crippen molar-refractivity contribution in [1.82, 2.24) is 0 Å². The number of aliphatic carboxylic acids is 1. The van der Waals surface area contributed by atoms with Crippen LogP contribution < -0.4 is 0 Å². The van der Waals surface area contributed by atoms with Crippen LogP contribution in [-0.2, 0) is 33.3 Å². The number of carbonyl (C=O) groups excluding carboxylic acids is 2. The molecule has 2 aliphatic rings. The molecule has 0 amide bonds. The summed E-state index contributed by atoms with van der Waals surface area (Å²) < 4.78 is 21.4. The summed E-state index contributed by atoms with van der Waals surface area (Å²) in [7, 11) is 0. The molecule has 20 nitrogen and oxygen atoms in total. The van der Waals surface area contributed by atoms with Crippen LogP contribution in [0, 0.1) is 11.8 Å². The quantitative estimate of drug-likeness (QED) is 0.0231. The number of rotatable bonds is 46. The lowest BCUT2D eigenvalue weighted by atomic mass is 9.94. The average molecular weight is 1100 g/mol. The van der Waals surface area contributed by atoms with Gasteiger partial charge in [-0.2, -0.15) is 0 Å². The molecule has 2 heterocycles. The van der Waals surface area contributed by atoms with Gasteiger partial charge in [-0.05, 0) is 44.4 Å². The molecule has 14 atom stereocenters. The van der Waals surface area contributed by atoms with Gasteiger partial charge in [0.1, 0.15) is 86.1 Å². The van der Waals surface area contributed by atoms with E-state index in [4.69, 9.17) is 54.7 Å². The minimum atomic E-state index is -1.67. The van der Waals surface area contributed by atoms with Gasteiger partial charge >= 0.3 is 11.9 Å². The Bertz CT molecular complexity index is 1340. The minimum absolute atomic E-state index is 0.0146. The van der Waals surface area contributed by atoms with Crippen molar-refractivity contribution in [2.24, 2.45) is 11.8 Å². The number of esters is 1. The molecule has 452 valence electrons. The van der Waals surface area contributed by atoms with Crippen LogP contribution in [0.25, 0.3) is 0 Å². The highest BCUT2D eigenvalue weighted by Gasteiger charge is 2.40. The molecule has 0 aromatic carbocycles. The van der Waals surface area contributed by atoms with Crippen LogP contribution in [0.2, 0.25) is 0 Å². The molecule has 20 heteroatoms. The molecule has 0 spiro atoms. The summed E-state index contributed by atoms with van der Waals surface area (Å²) >= 11 is 0. The summed E-state index contributed by atoms with van der Waals surface area (Å²) in [6.45, 7) is 3.29. The van der Waals surface area contributed by atoms with Gasteiger partial charge in [-0.3, -0.25) is 9.59 Å². The highest BCUT2D eigenvalue weighted by molar-refractivity contribution is 5.69. The van der Waals surface area contributed by atoms with Crippen molar-refractivity contribution in [3.63, 3.8) is 0 Å². The van der Waals surface area contributed by atoms with Gasteiger partial charge in [-0.15, -0.1) is 0 Å². The second-order valence-electron chi connectivity index (χ2n) is 21.1. The largest absolute Gasteiger partial charge is 0.481 e. The number of carbonyl (C=O) groups is 3. The standard InChI is InChI=1S/C31H58O11.C19H36O3.C6H14O6/c1-2-3-4-5-6-8-11-14-22(17-39-18-25(34)30-28(37)23(32)19-41-30)15-12-9-7-10-13-16-27(36)40-21-26(35)31-29(38)24(33)20-42-31;1-2-3-4-5-6-8-11-14-18(17-20)15-12-9-7-10-13-16-19(21)22;7-1-3(9)5(11)6(12)4(10)2-8/h22-26,28-35,37-38H,2-21H2,1H3;17-18H,2-16H2,1H3,(H,21,22);3-12H,1-2H2/t;;3-,4+,5-,6-/m..1/s1. The summed E-state index contributed by atoms with van der Waals surface area (Å²) in [4.78, 5) is 33.5. The van der Waals surface area contributed by atoms with Gasteiger partial charge in [0.05, 0.1) is 33.0 Å². The lowest BCUT2D eigenvalue weighted by molar-refractivity contribution is -0.151. The zero-order valence-corrected chi connectivity index (χ0v) is 46.5. The molecule has 0 radical (unpaired) electrons. The van der Waals surface area contributed by atoms with Crippen molar-refractivity contribution >= 4 is 18.2 Å². The first-order chi connectivity index (χ1) is 36.5. The summed E-state index contributed by atoms with van der Waals surface area (Å²) in [5.74, 6) is -0.468. The fourth-order valence-corrected chi connectivity index (χ4v) is 9.19. The lowest BCUT2D eigenvalue weighted by Gasteiger charge is -2.24. The first-order valence-electron chi connectivity index (χ1n) is 29.1. The number of carboxylic acids is 1. The Balaban J connectivity index is 0.00000137. The molecule has 2 aliphatic heterocycles. The van der Waals surface area contributed by atoms with Gasteiger partial charge < -0.3 is 90.1 Å². The Hall–Kier alpha value is -1.99. The highest BCUT2D eigenvalue weighted by atomic mass is 16.6. The number of hydrogen-bond acceptors (Lipinski definition) is 19. The maximum atomic E-state index is 12.0.